The first-order valence-corrected chi connectivity index (χ1v) is 6.31. The smallest absolute Gasteiger partial charge is 0.101 e. The third-order valence-corrected chi connectivity index (χ3v) is 3.35. The molecule has 1 aromatic carbocycles. The molecule has 0 bridgehead atoms. The molecule has 2 aromatic rings. The molecule has 2 nitrogen and oxygen atoms in total. The molecule has 0 amide bonds. The molecule has 0 saturated carbocycles. The van der Waals surface area contributed by atoms with Gasteiger partial charge >= 0.3 is 0 Å². The summed E-state index contributed by atoms with van der Waals surface area (Å²) in [5.74, 6) is 0.903. The van der Waals surface area contributed by atoms with Gasteiger partial charge in [-0.2, -0.15) is 5.26 Å². The molecular weight excluding hydrogens is 228 g/mol. The molecule has 0 fully saturated rings. The molecule has 0 saturated heterocycles. The number of aromatic nitrogens is 1. The van der Waals surface area contributed by atoms with Crippen molar-refractivity contribution in [2.75, 3.05) is 0 Å². The molecule has 17 heavy (non-hydrogen) atoms. The van der Waals surface area contributed by atoms with E-state index in [2.05, 4.69) is 42.2 Å². The van der Waals surface area contributed by atoms with Gasteiger partial charge in [-0.05, 0) is 24.6 Å². The largest absolute Gasteiger partial charge is 0.249 e. The third-order valence-electron chi connectivity index (χ3n) is 2.33. The van der Waals surface area contributed by atoms with Gasteiger partial charge in [0, 0.05) is 11.9 Å². The molecule has 1 heterocycles. The fourth-order valence-electron chi connectivity index (χ4n) is 1.49. The predicted octanol–water partition coefficient (Wildman–Crippen LogP) is 3.55. The number of nitrogens with zero attached hydrogens (tertiary/aromatic N) is 2. The quantitative estimate of drug-likeness (QED) is 0.770. The molecule has 0 aliphatic heterocycles. The highest BCUT2D eigenvalue weighted by atomic mass is 32.2. The maximum absolute atomic E-state index is 8.67. The van der Waals surface area contributed by atoms with Crippen molar-refractivity contribution in [3.63, 3.8) is 0 Å². The van der Waals surface area contributed by atoms with Gasteiger partial charge in [0.2, 0.25) is 0 Å². The van der Waals surface area contributed by atoms with Gasteiger partial charge in [-0.25, -0.2) is 4.98 Å². The van der Waals surface area contributed by atoms with E-state index in [1.54, 1.807) is 24.0 Å². The van der Waals surface area contributed by atoms with E-state index in [9.17, 15) is 0 Å². The van der Waals surface area contributed by atoms with Crippen LogP contribution in [-0.4, -0.2) is 4.98 Å². The number of hydrogen-bond donors (Lipinski definition) is 0. The molecule has 0 radical (unpaired) electrons. The molecule has 0 unspecified atom stereocenters. The van der Waals surface area contributed by atoms with Crippen LogP contribution in [0, 0.1) is 18.3 Å². The Morgan fingerprint density at radius 1 is 1.29 bits per heavy atom. The molecule has 3 heteroatoms. The van der Waals surface area contributed by atoms with Crippen molar-refractivity contribution in [2.24, 2.45) is 0 Å². The molecular formula is C14H12N2S. The average molecular weight is 240 g/mol. The summed E-state index contributed by atoms with van der Waals surface area (Å²) >= 11 is 1.68. The number of pyridine rings is 1. The highest BCUT2D eigenvalue weighted by molar-refractivity contribution is 7.98. The van der Waals surface area contributed by atoms with Crippen LogP contribution in [-0.2, 0) is 5.75 Å². The number of hydrogen-bond acceptors (Lipinski definition) is 3. The van der Waals surface area contributed by atoms with Crippen molar-refractivity contribution in [1.29, 1.82) is 5.26 Å². The van der Waals surface area contributed by atoms with E-state index >= 15 is 0 Å². The summed E-state index contributed by atoms with van der Waals surface area (Å²) in [6.45, 7) is 2.09. The summed E-state index contributed by atoms with van der Waals surface area (Å²) in [4.78, 5) is 4.23. The van der Waals surface area contributed by atoms with Crippen LogP contribution < -0.4 is 0 Å². The van der Waals surface area contributed by atoms with E-state index in [0.717, 1.165) is 10.8 Å². The fraction of sp³-hybridized carbons (Fsp3) is 0.143. The minimum absolute atomic E-state index is 0.602. The molecule has 0 aliphatic rings. The highest BCUT2D eigenvalue weighted by Crippen LogP contribution is 2.21. The maximum Gasteiger partial charge on any atom is 0.101 e. The van der Waals surface area contributed by atoms with E-state index in [4.69, 9.17) is 5.26 Å². The first kappa shape index (κ1) is 11.7. The van der Waals surface area contributed by atoms with Gasteiger partial charge < -0.3 is 0 Å². The van der Waals surface area contributed by atoms with Gasteiger partial charge in [0.25, 0.3) is 0 Å². The number of benzene rings is 1. The summed E-state index contributed by atoms with van der Waals surface area (Å²) in [6.07, 6.45) is 1.61. The second kappa shape index (κ2) is 5.51. The van der Waals surface area contributed by atoms with Crippen molar-refractivity contribution in [1.82, 2.24) is 4.98 Å². The third kappa shape index (κ3) is 3.33. The first-order chi connectivity index (χ1) is 8.28. The standard InChI is InChI=1S/C14H12N2S/c1-11-3-2-4-12(7-11)10-17-14-6-5-13(8-15)9-16-14/h2-7,9H,10H2,1H3. The lowest BCUT2D eigenvalue weighted by Gasteiger charge is -2.02. The van der Waals surface area contributed by atoms with Gasteiger partial charge in [-0.1, -0.05) is 29.8 Å². The lowest BCUT2D eigenvalue weighted by Crippen LogP contribution is -1.85. The normalized spacial score (nSPS) is 9.88. The number of thioether (sulfide) groups is 1. The van der Waals surface area contributed by atoms with Gasteiger partial charge in [0.05, 0.1) is 10.6 Å². The van der Waals surface area contributed by atoms with E-state index in [1.807, 2.05) is 6.07 Å². The van der Waals surface area contributed by atoms with Crippen LogP contribution in [0.2, 0.25) is 0 Å². The Morgan fingerprint density at radius 3 is 2.82 bits per heavy atom. The zero-order chi connectivity index (χ0) is 12.1. The van der Waals surface area contributed by atoms with Crippen molar-refractivity contribution in [3.05, 3.63) is 59.3 Å². The summed E-state index contributed by atoms with van der Waals surface area (Å²) in [6, 6.07) is 14.2. The highest BCUT2D eigenvalue weighted by Gasteiger charge is 1.98. The first-order valence-electron chi connectivity index (χ1n) is 5.32. The minimum Gasteiger partial charge on any atom is -0.249 e. The Labute approximate surface area is 105 Å². The number of rotatable bonds is 3. The van der Waals surface area contributed by atoms with Gasteiger partial charge in [-0.3, -0.25) is 0 Å². The molecule has 0 N–H and O–H groups in total. The van der Waals surface area contributed by atoms with Crippen molar-refractivity contribution in [3.8, 4) is 6.07 Å². The Bertz CT molecular complexity index is 541. The van der Waals surface area contributed by atoms with Gasteiger partial charge in [-0.15, -0.1) is 11.8 Å². The van der Waals surface area contributed by atoms with Crippen LogP contribution >= 0.6 is 11.8 Å². The Morgan fingerprint density at radius 2 is 2.18 bits per heavy atom. The van der Waals surface area contributed by atoms with Crippen molar-refractivity contribution in [2.45, 2.75) is 17.7 Å². The van der Waals surface area contributed by atoms with Crippen LogP contribution in [0.25, 0.3) is 0 Å². The lowest BCUT2D eigenvalue weighted by atomic mass is 10.2. The second-order valence-electron chi connectivity index (χ2n) is 3.77. The van der Waals surface area contributed by atoms with E-state index in [-0.39, 0.29) is 0 Å². The minimum atomic E-state index is 0.602. The summed E-state index contributed by atoms with van der Waals surface area (Å²) in [5, 5.41) is 9.62. The van der Waals surface area contributed by atoms with Crippen molar-refractivity contribution >= 4 is 11.8 Å². The summed E-state index contributed by atoms with van der Waals surface area (Å²) in [5.41, 5.74) is 3.17. The summed E-state index contributed by atoms with van der Waals surface area (Å²) in [7, 11) is 0. The lowest BCUT2D eigenvalue weighted by molar-refractivity contribution is 1.12. The van der Waals surface area contributed by atoms with E-state index in [1.165, 1.54) is 11.1 Å². The predicted molar refractivity (Wildman–Crippen MR) is 69.7 cm³/mol. The van der Waals surface area contributed by atoms with Gasteiger partial charge in [0.1, 0.15) is 6.07 Å². The molecule has 1 aromatic heterocycles. The van der Waals surface area contributed by atoms with Crippen LogP contribution in [0.1, 0.15) is 16.7 Å². The Kier molecular flexibility index (Phi) is 3.79. The van der Waals surface area contributed by atoms with Crippen LogP contribution in [0.4, 0.5) is 0 Å². The van der Waals surface area contributed by atoms with Gasteiger partial charge in [0.15, 0.2) is 0 Å². The SMILES string of the molecule is Cc1cccc(CSc2ccc(C#N)cn2)c1. The Hall–Kier alpha value is -1.79. The van der Waals surface area contributed by atoms with Crippen LogP contribution in [0.15, 0.2) is 47.6 Å². The van der Waals surface area contributed by atoms with Crippen molar-refractivity contribution < 1.29 is 0 Å². The zero-order valence-electron chi connectivity index (χ0n) is 9.55. The monoisotopic (exact) mass is 240 g/mol. The van der Waals surface area contributed by atoms with Crippen LogP contribution in [0.5, 0.6) is 0 Å². The average Bonchev–Trinajstić information content (AvgIpc) is 2.37. The molecule has 0 spiro atoms. The Balaban J connectivity index is 2.00. The molecule has 2 rings (SSSR count). The van der Waals surface area contributed by atoms with E-state index < -0.39 is 0 Å². The fourth-order valence-corrected chi connectivity index (χ4v) is 2.28. The van der Waals surface area contributed by atoms with E-state index in [0.29, 0.717) is 5.56 Å². The second-order valence-corrected chi connectivity index (χ2v) is 4.77. The number of nitriles is 1. The maximum atomic E-state index is 8.67. The number of aryl methyl sites for hydroxylation is 1. The molecule has 84 valence electrons. The van der Waals surface area contributed by atoms with Crippen LogP contribution in [0.3, 0.4) is 0 Å². The topological polar surface area (TPSA) is 36.7 Å². The summed E-state index contributed by atoms with van der Waals surface area (Å²) < 4.78 is 0. The zero-order valence-corrected chi connectivity index (χ0v) is 10.4. The molecule has 0 atom stereocenters. The molecule has 0 aliphatic carbocycles.